The summed E-state index contributed by atoms with van der Waals surface area (Å²) in [5.41, 5.74) is 2.84. The van der Waals surface area contributed by atoms with Crippen LogP contribution >= 0.6 is 0 Å². The van der Waals surface area contributed by atoms with Gasteiger partial charge in [0.15, 0.2) is 5.78 Å². The van der Waals surface area contributed by atoms with Crippen LogP contribution in [0.25, 0.3) is 22.1 Å². The molecule has 0 saturated carbocycles. The molecule has 0 unspecified atom stereocenters. The largest absolute Gasteiger partial charge is 0.486 e. The average Bonchev–Trinajstić information content (AvgIpc) is 2.59. The van der Waals surface area contributed by atoms with Crippen molar-refractivity contribution in [2.24, 2.45) is 0 Å². The van der Waals surface area contributed by atoms with Crippen molar-refractivity contribution in [3.8, 4) is 16.9 Å². The molecule has 1 heterocycles. The second-order valence-electron chi connectivity index (χ2n) is 5.71. The van der Waals surface area contributed by atoms with Gasteiger partial charge in [0.05, 0.1) is 0 Å². The molecule has 5 heteroatoms. The summed E-state index contributed by atoms with van der Waals surface area (Å²) in [5.74, 6) is 0.291. The molecule has 0 aliphatic heterocycles. The Labute approximate surface area is 144 Å². The zero-order valence-corrected chi connectivity index (χ0v) is 14.1. The lowest BCUT2D eigenvalue weighted by Crippen LogP contribution is -2.16. The number of ketones is 1. The van der Waals surface area contributed by atoms with Crippen molar-refractivity contribution in [2.75, 3.05) is 20.3 Å². The summed E-state index contributed by atoms with van der Waals surface area (Å²) in [7, 11) is 1.45. The number of ether oxygens (including phenoxy) is 2. The fourth-order valence-corrected chi connectivity index (χ4v) is 2.70. The summed E-state index contributed by atoms with van der Waals surface area (Å²) in [6.07, 6.45) is 0. The molecule has 0 radical (unpaired) electrons. The first-order valence-electron chi connectivity index (χ1n) is 7.86. The van der Waals surface area contributed by atoms with Crippen LogP contribution in [0.5, 0.6) is 5.75 Å². The molecule has 0 N–H and O–H groups in total. The molecule has 25 heavy (non-hydrogen) atoms. The van der Waals surface area contributed by atoms with Crippen LogP contribution in [-0.4, -0.2) is 26.1 Å². The summed E-state index contributed by atoms with van der Waals surface area (Å²) in [6, 6.07) is 14.6. The maximum atomic E-state index is 12.0. The van der Waals surface area contributed by atoms with E-state index in [1.807, 2.05) is 37.3 Å². The predicted octanol–water partition coefficient (Wildman–Crippen LogP) is 3.36. The van der Waals surface area contributed by atoms with Crippen molar-refractivity contribution in [1.82, 2.24) is 0 Å². The van der Waals surface area contributed by atoms with Gasteiger partial charge < -0.3 is 13.9 Å². The maximum Gasteiger partial charge on any atom is 0.336 e. The van der Waals surface area contributed by atoms with Gasteiger partial charge in [-0.1, -0.05) is 24.3 Å². The molecular weight excluding hydrogens is 320 g/mol. The van der Waals surface area contributed by atoms with E-state index < -0.39 is 5.63 Å². The molecule has 0 saturated heterocycles. The monoisotopic (exact) mass is 338 g/mol. The molecule has 0 bridgehead atoms. The van der Waals surface area contributed by atoms with E-state index in [1.54, 1.807) is 12.1 Å². The number of rotatable bonds is 6. The number of hydrogen-bond acceptors (Lipinski definition) is 5. The molecule has 5 nitrogen and oxygen atoms in total. The van der Waals surface area contributed by atoms with Crippen molar-refractivity contribution in [1.29, 1.82) is 0 Å². The Bertz CT molecular complexity index is 971. The molecule has 1 aromatic heterocycles. The topological polar surface area (TPSA) is 65.7 Å². The highest BCUT2D eigenvalue weighted by Gasteiger charge is 2.11. The highest BCUT2D eigenvalue weighted by Crippen LogP contribution is 2.31. The van der Waals surface area contributed by atoms with Crippen LogP contribution in [0.3, 0.4) is 0 Å². The standard InChI is InChI=1S/C20H18O5/c1-13-5-3-4-6-16(13)18-10-20(22)25-19-9-15(7-8-17(18)19)24-12-14(21)11-23-2/h3-10H,11-12H2,1-2H3. The summed E-state index contributed by atoms with van der Waals surface area (Å²) < 4.78 is 15.5. The van der Waals surface area contributed by atoms with Crippen molar-refractivity contribution in [3.63, 3.8) is 0 Å². The number of fused-ring (bicyclic) bond motifs is 1. The lowest BCUT2D eigenvalue weighted by molar-refractivity contribution is -0.124. The zero-order valence-electron chi connectivity index (χ0n) is 14.1. The summed E-state index contributed by atoms with van der Waals surface area (Å²) in [4.78, 5) is 23.5. The Morgan fingerprint density at radius 3 is 2.60 bits per heavy atom. The van der Waals surface area contributed by atoms with E-state index in [0.717, 1.165) is 22.1 Å². The maximum absolute atomic E-state index is 12.0. The molecule has 0 spiro atoms. The van der Waals surface area contributed by atoms with Crippen molar-refractivity contribution in [2.45, 2.75) is 6.92 Å². The third-order valence-electron chi connectivity index (χ3n) is 3.86. The van der Waals surface area contributed by atoms with Gasteiger partial charge in [-0.15, -0.1) is 0 Å². The molecule has 0 aliphatic rings. The molecule has 0 amide bonds. The molecule has 0 fully saturated rings. The third kappa shape index (κ3) is 3.78. The van der Waals surface area contributed by atoms with Gasteiger partial charge in [-0.2, -0.15) is 0 Å². The molecule has 3 aromatic rings. The second kappa shape index (κ2) is 7.32. The van der Waals surface area contributed by atoms with Crippen molar-refractivity contribution < 1.29 is 18.7 Å². The Morgan fingerprint density at radius 1 is 1.04 bits per heavy atom. The van der Waals surface area contributed by atoms with Gasteiger partial charge in [-0.05, 0) is 30.2 Å². The fraction of sp³-hybridized carbons (Fsp3) is 0.200. The SMILES string of the molecule is COCC(=O)COc1ccc2c(-c3ccccc3C)cc(=O)oc2c1. The Hall–Kier alpha value is -2.92. The average molecular weight is 338 g/mol. The number of carbonyl (C=O) groups excluding carboxylic acids is 1. The minimum absolute atomic E-state index is 0.0000958. The Kier molecular flexibility index (Phi) is 4.95. The van der Waals surface area contributed by atoms with E-state index in [0.29, 0.717) is 11.3 Å². The van der Waals surface area contributed by atoms with Crippen LogP contribution in [0.15, 0.2) is 57.7 Å². The van der Waals surface area contributed by atoms with E-state index in [9.17, 15) is 9.59 Å². The number of hydrogen-bond donors (Lipinski definition) is 0. The zero-order chi connectivity index (χ0) is 17.8. The Morgan fingerprint density at radius 2 is 1.84 bits per heavy atom. The van der Waals surface area contributed by atoms with Crippen LogP contribution in [0.1, 0.15) is 5.56 Å². The molecule has 128 valence electrons. The van der Waals surface area contributed by atoms with Gasteiger partial charge in [0.2, 0.25) is 0 Å². The minimum atomic E-state index is -0.432. The molecule has 0 atom stereocenters. The summed E-state index contributed by atoms with van der Waals surface area (Å²) >= 11 is 0. The smallest absolute Gasteiger partial charge is 0.336 e. The van der Waals surface area contributed by atoms with Gasteiger partial charge in [-0.3, -0.25) is 4.79 Å². The van der Waals surface area contributed by atoms with E-state index in [2.05, 4.69) is 0 Å². The summed E-state index contributed by atoms with van der Waals surface area (Å²) in [6.45, 7) is 1.90. The quantitative estimate of drug-likeness (QED) is 0.645. The first-order chi connectivity index (χ1) is 12.1. The van der Waals surface area contributed by atoms with E-state index >= 15 is 0 Å². The molecular formula is C20H18O5. The second-order valence-corrected chi connectivity index (χ2v) is 5.71. The third-order valence-corrected chi connectivity index (χ3v) is 3.86. The lowest BCUT2D eigenvalue weighted by Gasteiger charge is -2.10. The van der Waals surface area contributed by atoms with Gasteiger partial charge >= 0.3 is 5.63 Å². The van der Waals surface area contributed by atoms with Crippen LogP contribution in [0.2, 0.25) is 0 Å². The van der Waals surface area contributed by atoms with E-state index in [1.165, 1.54) is 13.2 Å². The first-order valence-corrected chi connectivity index (χ1v) is 7.86. The molecule has 3 rings (SSSR count). The van der Waals surface area contributed by atoms with Crippen LogP contribution in [0.4, 0.5) is 0 Å². The summed E-state index contributed by atoms with van der Waals surface area (Å²) in [5, 5.41) is 0.810. The van der Waals surface area contributed by atoms with Gasteiger partial charge in [-0.25, -0.2) is 4.79 Å². The van der Waals surface area contributed by atoms with Crippen molar-refractivity contribution >= 4 is 16.8 Å². The molecule has 0 aliphatic carbocycles. The van der Waals surface area contributed by atoms with Gasteiger partial charge in [0.25, 0.3) is 0 Å². The van der Waals surface area contributed by atoms with Crippen LogP contribution in [0, 0.1) is 6.92 Å². The number of Topliss-reactive ketones (excluding diaryl/α,β-unsaturated/α-hetero) is 1. The number of methoxy groups -OCH3 is 1. The highest BCUT2D eigenvalue weighted by atomic mass is 16.5. The van der Waals surface area contributed by atoms with Crippen molar-refractivity contribution in [3.05, 3.63) is 64.5 Å². The fourth-order valence-electron chi connectivity index (χ4n) is 2.70. The minimum Gasteiger partial charge on any atom is -0.486 e. The predicted molar refractivity (Wildman–Crippen MR) is 95.0 cm³/mol. The number of benzene rings is 2. The number of carbonyl (C=O) groups is 1. The lowest BCUT2D eigenvalue weighted by atomic mass is 9.98. The molecule has 2 aromatic carbocycles. The van der Waals surface area contributed by atoms with E-state index in [-0.39, 0.29) is 19.0 Å². The van der Waals surface area contributed by atoms with Crippen LogP contribution < -0.4 is 10.4 Å². The van der Waals surface area contributed by atoms with Gasteiger partial charge in [0.1, 0.15) is 24.5 Å². The number of aryl methyl sites for hydroxylation is 1. The Balaban J connectivity index is 2.00. The highest BCUT2D eigenvalue weighted by molar-refractivity contribution is 5.94. The normalized spacial score (nSPS) is 10.8. The van der Waals surface area contributed by atoms with Crippen LogP contribution in [-0.2, 0) is 9.53 Å². The van der Waals surface area contributed by atoms with E-state index in [4.69, 9.17) is 13.9 Å². The van der Waals surface area contributed by atoms with Gasteiger partial charge in [0, 0.05) is 30.2 Å². The first kappa shape index (κ1) is 16.9.